The van der Waals surface area contributed by atoms with Crippen LogP contribution in [0.3, 0.4) is 0 Å². The molecule has 0 bridgehead atoms. The molecule has 0 saturated carbocycles. The lowest BCUT2D eigenvalue weighted by Gasteiger charge is -2.14. The molecule has 0 aliphatic carbocycles. The first-order valence-electron chi connectivity index (χ1n) is 6.43. The van der Waals surface area contributed by atoms with Crippen LogP contribution in [-0.4, -0.2) is 17.8 Å². The Morgan fingerprint density at radius 1 is 0.905 bits per heavy atom. The van der Waals surface area contributed by atoms with Gasteiger partial charge in [-0.15, -0.1) is 0 Å². The van der Waals surface area contributed by atoms with Crippen molar-refractivity contribution in [1.82, 2.24) is 10.6 Å². The van der Waals surface area contributed by atoms with Crippen LogP contribution in [0, 0.1) is 6.92 Å². The number of fused-ring (bicyclic) bond motifs is 1. The minimum absolute atomic E-state index is 0.0784. The number of carbonyl (C=O) groups is 3. The van der Waals surface area contributed by atoms with Crippen molar-refractivity contribution in [2.75, 3.05) is 0 Å². The Morgan fingerprint density at radius 3 is 2.19 bits per heavy atom. The Labute approximate surface area is 120 Å². The van der Waals surface area contributed by atoms with Crippen LogP contribution in [0.1, 0.15) is 11.1 Å². The highest BCUT2D eigenvalue weighted by Gasteiger charge is 2.27. The van der Waals surface area contributed by atoms with Gasteiger partial charge in [0.1, 0.15) is 5.57 Å². The van der Waals surface area contributed by atoms with Crippen LogP contribution in [0.5, 0.6) is 0 Å². The third-order valence-electron chi connectivity index (χ3n) is 3.39. The average Bonchev–Trinajstić information content (AvgIpc) is 2.43. The second kappa shape index (κ2) is 4.86. The van der Waals surface area contributed by atoms with Gasteiger partial charge in [-0.1, -0.05) is 36.4 Å². The molecule has 0 unspecified atom stereocenters. The van der Waals surface area contributed by atoms with E-state index in [4.69, 9.17) is 0 Å². The summed E-state index contributed by atoms with van der Waals surface area (Å²) in [5.74, 6) is -1.37. The van der Waals surface area contributed by atoms with Crippen LogP contribution < -0.4 is 10.6 Å². The Bertz CT molecular complexity index is 794. The van der Waals surface area contributed by atoms with Crippen molar-refractivity contribution in [3.05, 3.63) is 53.1 Å². The van der Waals surface area contributed by atoms with Gasteiger partial charge in [0.05, 0.1) is 0 Å². The summed E-state index contributed by atoms with van der Waals surface area (Å²) in [5.41, 5.74) is 1.73. The first kappa shape index (κ1) is 13.1. The fourth-order valence-electron chi connectivity index (χ4n) is 2.44. The van der Waals surface area contributed by atoms with Gasteiger partial charge in [0.15, 0.2) is 0 Å². The minimum Gasteiger partial charge on any atom is -0.273 e. The molecule has 2 aromatic rings. The summed E-state index contributed by atoms with van der Waals surface area (Å²) >= 11 is 0. The Balaban J connectivity index is 2.17. The van der Waals surface area contributed by atoms with Crippen LogP contribution in [-0.2, 0) is 9.59 Å². The molecule has 1 fully saturated rings. The topological polar surface area (TPSA) is 75.3 Å². The van der Waals surface area contributed by atoms with E-state index in [1.54, 1.807) is 0 Å². The van der Waals surface area contributed by atoms with Crippen molar-refractivity contribution in [2.45, 2.75) is 6.92 Å². The molecule has 21 heavy (non-hydrogen) atoms. The molecule has 4 amide bonds. The van der Waals surface area contributed by atoms with Gasteiger partial charge in [-0.05, 0) is 34.9 Å². The van der Waals surface area contributed by atoms with Gasteiger partial charge in [-0.2, -0.15) is 0 Å². The molecule has 1 saturated heterocycles. The molecular weight excluding hydrogens is 268 g/mol. The third kappa shape index (κ3) is 2.29. The fourth-order valence-corrected chi connectivity index (χ4v) is 2.44. The number of hydrogen-bond donors (Lipinski definition) is 2. The zero-order chi connectivity index (χ0) is 15.0. The van der Waals surface area contributed by atoms with Crippen molar-refractivity contribution < 1.29 is 14.4 Å². The summed E-state index contributed by atoms with van der Waals surface area (Å²) in [6.45, 7) is 1.97. The molecule has 2 N–H and O–H groups in total. The molecule has 1 aliphatic rings. The van der Waals surface area contributed by atoms with Gasteiger partial charge in [-0.25, -0.2) is 4.79 Å². The normalized spacial score (nSPS) is 14.9. The van der Waals surface area contributed by atoms with Gasteiger partial charge < -0.3 is 0 Å². The number of rotatable bonds is 1. The Morgan fingerprint density at radius 2 is 1.52 bits per heavy atom. The molecule has 0 atom stereocenters. The van der Waals surface area contributed by atoms with Gasteiger partial charge in [0, 0.05) is 0 Å². The number of hydrogen-bond acceptors (Lipinski definition) is 3. The molecule has 3 rings (SSSR count). The lowest BCUT2D eigenvalue weighted by molar-refractivity contribution is -0.123. The van der Waals surface area contributed by atoms with E-state index in [0.717, 1.165) is 21.9 Å². The Kier molecular flexibility index (Phi) is 3.02. The average molecular weight is 280 g/mol. The quantitative estimate of drug-likeness (QED) is 0.619. The summed E-state index contributed by atoms with van der Waals surface area (Å²) < 4.78 is 0. The largest absolute Gasteiger partial charge is 0.328 e. The fraction of sp³-hybridized carbons (Fsp3) is 0.0625. The zero-order valence-electron chi connectivity index (χ0n) is 11.3. The van der Waals surface area contributed by atoms with Gasteiger partial charge >= 0.3 is 6.03 Å². The molecule has 104 valence electrons. The van der Waals surface area contributed by atoms with Gasteiger partial charge in [0.2, 0.25) is 0 Å². The van der Waals surface area contributed by atoms with Crippen molar-refractivity contribution in [2.24, 2.45) is 0 Å². The molecule has 5 nitrogen and oxygen atoms in total. The number of amides is 4. The number of carbonyl (C=O) groups excluding carboxylic acids is 3. The van der Waals surface area contributed by atoms with Gasteiger partial charge in [0.25, 0.3) is 11.8 Å². The number of benzene rings is 2. The predicted octanol–water partition coefficient (Wildman–Crippen LogP) is 1.90. The number of nitrogens with one attached hydrogen (secondary N) is 2. The van der Waals surface area contributed by atoms with Crippen LogP contribution in [0.4, 0.5) is 4.79 Å². The highest BCUT2D eigenvalue weighted by Crippen LogP contribution is 2.24. The predicted molar refractivity (Wildman–Crippen MR) is 78.3 cm³/mol. The first-order valence-corrected chi connectivity index (χ1v) is 6.43. The van der Waals surface area contributed by atoms with Crippen LogP contribution in [0.15, 0.2) is 42.0 Å². The standard InChI is InChI=1S/C16H12N2O3/c1-9-4-2-5-10-6-3-7-11(13(9)10)8-12-14(19)17-16(21)18-15(12)20/h2-8H,1H3,(H2,17,18,19,20,21). The highest BCUT2D eigenvalue weighted by atomic mass is 16.2. The van der Waals surface area contributed by atoms with E-state index in [1.807, 2.05) is 43.3 Å². The van der Waals surface area contributed by atoms with Gasteiger partial charge in [-0.3, -0.25) is 20.2 Å². The zero-order valence-corrected chi connectivity index (χ0v) is 11.3. The van der Waals surface area contributed by atoms with Crippen molar-refractivity contribution in [3.8, 4) is 0 Å². The van der Waals surface area contributed by atoms with E-state index in [0.29, 0.717) is 0 Å². The smallest absolute Gasteiger partial charge is 0.273 e. The van der Waals surface area contributed by atoms with E-state index in [9.17, 15) is 14.4 Å². The maximum absolute atomic E-state index is 11.8. The number of aryl methyl sites for hydroxylation is 1. The first-order chi connectivity index (χ1) is 10.1. The van der Waals surface area contributed by atoms with Crippen LogP contribution in [0.2, 0.25) is 0 Å². The SMILES string of the molecule is Cc1cccc2cccc(C=C3C(=O)NC(=O)NC3=O)c12. The summed E-state index contributed by atoms with van der Waals surface area (Å²) in [7, 11) is 0. The molecular formula is C16H12N2O3. The molecule has 1 aliphatic heterocycles. The van der Waals surface area contributed by atoms with Crippen molar-refractivity contribution in [1.29, 1.82) is 0 Å². The molecule has 0 aromatic heterocycles. The number of imide groups is 2. The summed E-state index contributed by atoms with van der Waals surface area (Å²) in [5, 5.41) is 6.13. The number of urea groups is 1. The van der Waals surface area contributed by atoms with Crippen LogP contribution >= 0.6 is 0 Å². The Hall–Kier alpha value is -2.95. The van der Waals surface area contributed by atoms with E-state index in [1.165, 1.54) is 6.08 Å². The number of barbiturate groups is 1. The highest BCUT2D eigenvalue weighted by molar-refractivity contribution is 6.31. The molecule has 0 spiro atoms. The van der Waals surface area contributed by atoms with E-state index < -0.39 is 17.8 Å². The lowest BCUT2D eigenvalue weighted by atomic mass is 9.98. The molecule has 0 radical (unpaired) electrons. The maximum atomic E-state index is 11.8. The summed E-state index contributed by atoms with van der Waals surface area (Å²) in [6.07, 6.45) is 1.51. The monoisotopic (exact) mass is 280 g/mol. The van der Waals surface area contributed by atoms with Crippen molar-refractivity contribution in [3.63, 3.8) is 0 Å². The maximum Gasteiger partial charge on any atom is 0.328 e. The minimum atomic E-state index is -0.795. The van der Waals surface area contributed by atoms with E-state index in [2.05, 4.69) is 10.6 Å². The second-order valence-corrected chi connectivity index (χ2v) is 4.82. The molecule has 1 heterocycles. The third-order valence-corrected chi connectivity index (χ3v) is 3.39. The molecule has 5 heteroatoms. The molecule has 2 aromatic carbocycles. The van der Waals surface area contributed by atoms with Crippen LogP contribution in [0.25, 0.3) is 16.8 Å². The summed E-state index contributed by atoms with van der Waals surface area (Å²) in [6, 6.07) is 10.7. The second-order valence-electron chi connectivity index (χ2n) is 4.82. The van der Waals surface area contributed by atoms with E-state index >= 15 is 0 Å². The van der Waals surface area contributed by atoms with E-state index in [-0.39, 0.29) is 5.57 Å². The van der Waals surface area contributed by atoms with Crippen molar-refractivity contribution >= 4 is 34.7 Å². The summed E-state index contributed by atoms with van der Waals surface area (Å²) in [4.78, 5) is 34.6. The lowest BCUT2D eigenvalue weighted by Crippen LogP contribution is -2.51.